The molecule has 9 heteroatoms. The Kier molecular flexibility index (Phi) is 5.65. The molecule has 2 aromatic heterocycles. The topological polar surface area (TPSA) is 93.1 Å². The van der Waals surface area contributed by atoms with E-state index in [2.05, 4.69) is 29.8 Å². The van der Waals surface area contributed by atoms with Crippen LogP contribution in [0.3, 0.4) is 0 Å². The number of hydrogen-bond acceptors (Lipinski definition) is 8. The van der Waals surface area contributed by atoms with E-state index in [9.17, 15) is 4.79 Å². The van der Waals surface area contributed by atoms with Gasteiger partial charge in [-0.15, -0.1) is 5.10 Å². The van der Waals surface area contributed by atoms with Gasteiger partial charge >= 0.3 is 0 Å². The molecule has 3 rings (SSSR count). The van der Waals surface area contributed by atoms with Crippen LogP contribution in [0.4, 0.5) is 5.82 Å². The molecule has 0 unspecified atom stereocenters. The minimum Gasteiger partial charge on any atom is -0.378 e. The van der Waals surface area contributed by atoms with Crippen molar-refractivity contribution in [1.29, 1.82) is 0 Å². The zero-order valence-electron chi connectivity index (χ0n) is 13.6. The quantitative estimate of drug-likeness (QED) is 0.834. The molecule has 1 amide bonds. The van der Waals surface area contributed by atoms with Crippen LogP contribution in [0.1, 0.15) is 34.5 Å². The lowest BCUT2D eigenvalue weighted by atomic mass is 10.2. The summed E-state index contributed by atoms with van der Waals surface area (Å²) in [6.45, 7) is 5.36. The Morgan fingerprint density at radius 1 is 1.42 bits per heavy atom. The van der Waals surface area contributed by atoms with E-state index < -0.39 is 0 Å². The molecule has 3 heterocycles. The molecule has 1 fully saturated rings. The average molecular weight is 348 g/mol. The van der Waals surface area contributed by atoms with E-state index in [0.29, 0.717) is 23.9 Å². The molecule has 2 aromatic rings. The summed E-state index contributed by atoms with van der Waals surface area (Å²) in [7, 11) is 0. The van der Waals surface area contributed by atoms with Crippen molar-refractivity contribution in [2.24, 2.45) is 0 Å². The normalized spacial score (nSPS) is 14.6. The molecule has 1 aliphatic heterocycles. The van der Waals surface area contributed by atoms with Crippen molar-refractivity contribution >= 4 is 23.3 Å². The van der Waals surface area contributed by atoms with Crippen molar-refractivity contribution in [2.75, 3.05) is 31.2 Å². The number of hydrogen-bond donors (Lipinski definition) is 1. The van der Waals surface area contributed by atoms with Crippen LogP contribution in [-0.2, 0) is 17.7 Å². The highest BCUT2D eigenvalue weighted by Gasteiger charge is 2.16. The van der Waals surface area contributed by atoms with Crippen LogP contribution in [0, 0.1) is 0 Å². The van der Waals surface area contributed by atoms with E-state index in [1.165, 1.54) is 0 Å². The Hall–Kier alpha value is -2.13. The lowest BCUT2D eigenvalue weighted by Crippen LogP contribution is -2.37. The number of carbonyl (C=O) groups excluding carboxylic acids is 1. The van der Waals surface area contributed by atoms with Gasteiger partial charge in [-0.05, 0) is 24.0 Å². The Bertz CT molecular complexity index is 686. The number of rotatable bonds is 6. The first-order chi connectivity index (χ1) is 11.8. The fourth-order valence-corrected chi connectivity index (χ4v) is 3.09. The standard InChI is InChI=1S/C15H20N6O2S/c1-2-3-11-14(24-20-19-11)15(22)17-10-12-16-5-4-13(18-12)21-6-8-23-9-7-21/h4-5H,2-3,6-10H2,1H3,(H,17,22). The van der Waals surface area contributed by atoms with E-state index in [0.717, 1.165) is 49.0 Å². The van der Waals surface area contributed by atoms with Gasteiger partial charge in [0.25, 0.3) is 5.91 Å². The highest BCUT2D eigenvalue weighted by atomic mass is 32.1. The Morgan fingerprint density at radius 3 is 3.04 bits per heavy atom. The van der Waals surface area contributed by atoms with Crippen LogP contribution in [0.5, 0.6) is 0 Å². The molecule has 8 nitrogen and oxygen atoms in total. The number of morpholine rings is 1. The third-order valence-electron chi connectivity index (χ3n) is 3.68. The first-order valence-corrected chi connectivity index (χ1v) is 8.79. The number of amides is 1. The Labute approximate surface area is 144 Å². The minimum atomic E-state index is -0.172. The second-order valence-electron chi connectivity index (χ2n) is 5.41. The minimum absolute atomic E-state index is 0.172. The molecule has 1 N–H and O–H groups in total. The maximum Gasteiger partial charge on any atom is 0.265 e. The summed E-state index contributed by atoms with van der Waals surface area (Å²) in [5.74, 6) is 1.28. The van der Waals surface area contributed by atoms with E-state index in [-0.39, 0.29) is 12.5 Å². The highest BCUT2D eigenvalue weighted by molar-refractivity contribution is 7.08. The summed E-state index contributed by atoms with van der Waals surface area (Å²) >= 11 is 1.12. The molecular formula is C15H20N6O2S. The third kappa shape index (κ3) is 4.04. The van der Waals surface area contributed by atoms with Crippen molar-refractivity contribution in [3.05, 3.63) is 28.7 Å². The van der Waals surface area contributed by atoms with Gasteiger partial charge in [0.15, 0.2) is 0 Å². The van der Waals surface area contributed by atoms with Gasteiger partial charge < -0.3 is 15.0 Å². The van der Waals surface area contributed by atoms with Gasteiger partial charge in [0.05, 0.1) is 25.5 Å². The third-order valence-corrected chi connectivity index (χ3v) is 4.45. The molecular weight excluding hydrogens is 328 g/mol. The zero-order valence-corrected chi connectivity index (χ0v) is 14.4. The SMILES string of the molecule is CCCc1nnsc1C(=O)NCc1nccc(N2CCOCC2)n1. The summed E-state index contributed by atoms with van der Waals surface area (Å²) in [5.41, 5.74) is 0.753. The number of ether oxygens (including phenoxy) is 1. The van der Waals surface area contributed by atoms with E-state index >= 15 is 0 Å². The smallest absolute Gasteiger partial charge is 0.265 e. The maximum atomic E-state index is 12.3. The number of nitrogens with one attached hydrogen (secondary N) is 1. The van der Waals surface area contributed by atoms with Crippen molar-refractivity contribution in [1.82, 2.24) is 24.9 Å². The summed E-state index contributed by atoms with van der Waals surface area (Å²) < 4.78 is 9.22. The lowest BCUT2D eigenvalue weighted by molar-refractivity contribution is 0.0953. The van der Waals surface area contributed by atoms with E-state index in [1.54, 1.807) is 6.20 Å². The number of carbonyl (C=O) groups is 1. The van der Waals surface area contributed by atoms with Crippen LogP contribution in [0.25, 0.3) is 0 Å². The first-order valence-electron chi connectivity index (χ1n) is 8.02. The van der Waals surface area contributed by atoms with Gasteiger partial charge in [-0.2, -0.15) is 0 Å². The van der Waals surface area contributed by atoms with Crippen LogP contribution in [0.2, 0.25) is 0 Å². The van der Waals surface area contributed by atoms with Crippen LogP contribution >= 0.6 is 11.5 Å². The molecule has 0 atom stereocenters. The molecule has 128 valence electrons. The highest BCUT2D eigenvalue weighted by Crippen LogP contribution is 2.14. The number of nitrogens with zero attached hydrogens (tertiary/aromatic N) is 5. The summed E-state index contributed by atoms with van der Waals surface area (Å²) in [6, 6.07) is 1.88. The molecule has 0 radical (unpaired) electrons. The Morgan fingerprint density at radius 2 is 2.25 bits per heavy atom. The van der Waals surface area contributed by atoms with Crippen LogP contribution in [0.15, 0.2) is 12.3 Å². The van der Waals surface area contributed by atoms with Gasteiger partial charge in [-0.1, -0.05) is 17.8 Å². The van der Waals surface area contributed by atoms with E-state index in [4.69, 9.17) is 4.74 Å². The van der Waals surface area contributed by atoms with Crippen molar-refractivity contribution in [3.8, 4) is 0 Å². The maximum absolute atomic E-state index is 12.3. The average Bonchev–Trinajstić information content (AvgIpc) is 3.09. The second kappa shape index (κ2) is 8.11. The largest absolute Gasteiger partial charge is 0.378 e. The zero-order chi connectivity index (χ0) is 16.8. The van der Waals surface area contributed by atoms with Gasteiger partial charge in [-0.25, -0.2) is 9.97 Å². The van der Waals surface area contributed by atoms with Crippen molar-refractivity contribution in [2.45, 2.75) is 26.3 Å². The Balaban J connectivity index is 1.61. The van der Waals surface area contributed by atoms with Crippen LogP contribution in [-0.4, -0.2) is 51.8 Å². The van der Waals surface area contributed by atoms with Crippen molar-refractivity contribution in [3.63, 3.8) is 0 Å². The molecule has 0 saturated carbocycles. The fourth-order valence-electron chi connectivity index (χ4n) is 2.46. The second-order valence-corrected chi connectivity index (χ2v) is 6.17. The van der Waals surface area contributed by atoms with Gasteiger partial charge in [0.2, 0.25) is 0 Å². The van der Waals surface area contributed by atoms with Gasteiger partial charge in [0, 0.05) is 19.3 Å². The molecule has 24 heavy (non-hydrogen) atoms. The van der Waals surface area contributed by atoms with Gasteiger partial charge in [0.1, 0.15) is 16.5 Å². The number of anilines is 1. The first kappa shape index (κ1) is 16.7. The lowest BCUT2D eigenvalue weighted by Gasteiger charge is -2.27. The van der Waals surface area contributed by atoms with Crippen LogP contribution < -0.4 is 10.2 Å². The molecule has 0 spiro atoms. The van der Waals surface area contributed by atoms with Gasteiger partial charge in [-0.3, -0.25) is 4.79 Å². The summed E-state index contributed by atoms with van der Waals surface area (Å²) in [5, 5.41) is 6.87. The molecule has 0 bridgehead atoms. The fraction of sp³-hybridized carbons (Fsp3) is 0.533. The number of aryl methyl sites for hydroxylation is 1. The number of aromatic nitrogens is 4. The summed E-state index contributed by atoms with van der Waals surface area (Å²) in [4.78, 5) is 23.8. The molecule has 0 aromatic carbocycles. The predicted octanol–water partition coefficient (Wildman–Crippen LogP) is 1.05. The predicted molar refractivity (Wildman–Crippen MR) is 90.1 cm³/mol. The molecule has 1 saturated heterocycles. The monoisotopic (exact) mass is 348 g/mol. The summed E-state index contributed by atoms with van der Waals surface area (Å²) in [6.07, 6.45) is 3.40. The molecule has 0 aliphatic carbocycles. The van der Waals surface area contributed by atoms with Crippen molar-refractivity contribution < 1.29 is 9.53 Å². The van der Waals surface area contributed by atoms with E-state index in [1.807, 2.05) is 13.0 Å². The molecule has 1 aliphatic rings.